The van der Waals surface area contributed by atoms with E-state index in [9.17, 15) is 21.6 Å². The van der Waals surface area contributed by atoms with Gasteiger partial charge in [0, 0.05) is 6.54 Å². The van der Waals surface area contributed by atoms with E-state index in [0.29, 0.717) is 0 Å². The highest BCUT2D eigenvalue weighted by atomic mass is 32.2. The molecule has 0 bridgehead atoms. The third-order valence-electron chi connectivity index (χ3n) is 3.85. The lowest BCUT2D eigenvalue weighted by atomic mass is 10.2. The van der Waals surface area contributed by atoms with Crippen molar-refractivity contribution in [2.45, 2.75) is 50.3 Å². The largest absolute Gasteiger partial charge is 0.444 e. The molecule has 0 aromatic heterocycles. The van der Waals surface area contributed by atoms with Crippen molar-refractivity contribution in [1.29, 1.82) is 0 Å². The highest BCUT2D eigenvalue weighted by Gasteiger charge is 2.41. The second-order valence-corrected chi connectivity index (χ2v) is 11.1. The van der Waals surface area contributed by atoms with Crippen LogP contribution in [-0.4, -0.2) is 64.9 Å². The van der Waals surface area contributed by atoms with Gasteiger partial charge in [0.15, 0.2) is 0 Å². The molecule has 1 saturated heterocycles. The minimum absolute atomic E-state index is 0.0342. The topological polar surface area (TPSA) is 119 Å². The van der Waals surface area contributed by atoms with Crippen molar-refractivity contribution < 1.29 is 30.6 Å². The number of carbonyl (C=O) groups excluding carboxylic acids is 1. The van der Waals surface area contributed by atoms with Gasteiger partial charge in [0.05, 0.1) is 23.7 Å². The summed E-state index contributed by atoms with van der Waals surface area (Å²) in [4.78, 5) is 13.6. The predicted octanol–water partition coefficient (Wildman–Crippen LogP) is 1.24. The molecule has 1 aliphatic rings. The Morgan fingerprint density at radius 3 is 2.18 bits per heavy atom. The lowest BCUT2D eigenvalue weighted by Gasteiger charge is -2.24. The van der Waals surface area contributed by atoms with Crippen LogP contribution in [0.25, 0.3) is 0 Å². The molecule has 0 aliphatic carbocycles. The van der Waals surface area contributed by atoms with Crippen LogP contribution in [0.4, 0.5) is 4.79 Å². The monoisotopic (exact) mass is 434 g/mol. The number of nitrogens with zero attached hydrogens (tertiary/aromatic N) is 1. The fourth-order valence-electron chi connectivity index (χ4n) is 2.67. The molecule has 158 valence electrons. The first-order chi connectivity index (χ1) is 12.7. The number of sulfonamides is 1. The molecular formula is C17H26N2O7S2. The quantitative estimate of drug-likeness (QED) is 0.693. The lowest BCUT2D eigenvalue weighted by molar-refractivity contribution is 0.0275. The number of hydrogen-bond acceptors (Lipinski definition) is 7. The third kappa shape index (κ3) is 6.43. The van der Waals surface area contributed by atoms with Gasteiger partial charge in [-0.15, -0.1) is 0 Å². The number of ether oxygens (including phenoxy) is 1. The zero-order chi connectivity index (χ0) is 21.3. The van der Waals surface area contributed by atoms with Crippen LogP contribution in [0.2, 0.25) is 0 Å². The van der Waals surface area contributed by atoms with Gasteiger partial charge in [-0.3, -0.25) is 4.18 Å². The van der Waals surface area contributed by atoms with E-state index in [0.717, 1.165) is 11.8 Å². The van der Waals surface area contributed by atoms with Gasteiger partial charge in [-0.05, 0) is 39.8 Å². The maximum absolute atomic E-state index is 12.7. The molecule has 2 atom stereocenters. The van der Waals surface area contributed by atoms with Crippen molar-refractivity contribution in [2.75, 3.05) is 19.3 Å². The summed E-state index contributed by atoms with van der Waals surface area (Å²) in [6.45, 7) is 6.72. The fraction of sp³-hybridized carbons (Fsp3) is 0.588. The van der Waals surface area contributed by atoms with E-state index in [1.807, 2.05) is 6.92 Å². The van der Waals surface area contributed by atoms with Crippen LogP contribution >= 0.6 is 0 Å². The van der Waals surface area contributed by atoms with Crippen LogP contribution in [0.3, 0.4) is 0 Å². The molecule has 1 N–H and O–H groups in total. The molecule has 0 spiro atoms. The third-order valence-corrected chi connectivity index (χ3v) is 5.96. The molecule has 2 rings (SSSR count). The van der Waals surface area contributed by atoms with E-state index in [4.69, 9.17) is 8.92 Å². The Kier molecular flexibility index (Phi) is 6.44. The van der Waals surface area contributed by atoms with E-state index in [1.54, 1.807) is 32.9 Å². The summed E-state index contributed by atoms with van der Waals surface area (Å²) in [6, 6.07) is 5.25. The first kappa shape index (κ1) is 22.6. The highest BCUT2D eigenvalue weighted by Crippen LogP contribution is 2.21. The summed E-state index contributed by atoms with van der Waals surface area (Å²) < 4.78 is 61.2. The highest BCUT2D eigenvalue weighted by molar-refractivity contribution is 7.89. The van der Waals surface area contributed by atoms with Gasteiger partial charge in [0.25, 0.3) is 10.1 Å². The fourth-order valence-corrected chi connectivity index (χ4v) is 4.57. The molecule has 9 nitrogen and oxygen atoms in total. The van der Waals surface area contributed by atoms with Crippen molar-refractivity contribution in [3.05, 3.63) is 29.8 Å². The Labute approximate surface area is 166 Å². The number of aryl methyl sites for hydroxylation is 1. The van der Waals surface area contributed by atoms with Crippen LogP contribution in [0.5, 0.6) is 0 Å². The van der Waals surface area contributed by atoms with E-state index in [1.165, 1.54) is 17.0 Å². The first-order valence-electron chi connectivity index (χ1n) is 8.61. The Balaban J connectivity index is 2.23. The standard InChI is InChI=1S/C17H26N2O7S2/c1-12-6-8-13(9-7-12)28(23,24)18-14-10-19(16(20)25-17(2,3)4)11-15(14)26-27(5,21)22/h6-9,14-15,18H,10-11H2,1-5H3/t14-,15-/m1/s1. The maximum Gasteiger partial charge on any atom is 0.410 e. The molecule has 0 radical (unpaired) electrons. The van der Waals surface area contributed by atoms with Gasteiger partial charge in [0.2, 0.25) is 10.0 Å². The summed E-state index contributed by atoms with van der Waals surface area (Å²) in [6.07, 6.45) is -0.872. The molecule has 1 aliphatic heterocycles. The summed E-state index contributed by atoms with van der Waals surface area (Å²) in [5, 5.41) is 0. The molecule has 1 heterocycles. The maximum atomic E-state index is 12.7. The van der Waals surface area contributed by atoms with Crippen molar-refractivity contribution in [2.24, 2.45) is 0 Å². The van der Waals surface area contributed by atoms with E-state index >= 15 is 0 Å². The number of likely N-dealkylation sites (tertiary alicyclic amines) is 1. The normalized spacial score (nSPS) is 21.0. The van der Waals surface area contributed by atoms with Crippen LogP contribution in [0.15, 0.2) is 29.2 Å². The molecular weight excluding hydrogens is 408 g/mol. The summed E-state index contributed by atoms with van der Waals surface area (Å²) in [7, 11) is -7.80. The molecule has 1 aromatic carbocycles. The van der Waals surface area contributed by atoms with Crippen molar-refractivity contribution in [1.82, 2.24) is 9.62 Å². The molecule has 0 saturated carbocycles. The number of hydrogen-bond donors (Lipinski definition) is 1. The number of rotatable bonds is 5. The van der Waals surface area contributed by atoms with Gasteiger partial charge in [-0.25, -0.2) is 17.9 Å². The molecule has 0 unspecified atom stereocenters. The van der Waals surface area contributed by atoms with Crippen LogP contribution in [-0.2, 0) is 29.1 Å². The Morgan fingerprint density at radius 2 is 1.68 bits per heavy atom. The van der Waals surface area contributed by atoms with Crippen LogP contribution in [0, 0.1) is 6.92 Å². The molecule has 28 heavy (non-hydrogen) atoms. The first-order valence-corrected chi connectivity index (χ1v) is 11.9. The van der Waals surface area contributed by atoms with Crippen molar-refractivity contribution in [3.8, 4) is 0 Å². The van der Waals surface area contributed by atoms with E-state index in [2.05, 4.69) is 4.72 Å². The summed E-state index contributed by atoms with van der Waals surface area (Å²) in [5.41, 5.74) is 0.151. The van der Waals surface area contributed by atoms with Crippen LogP contribution < -0.4 is 4.72 Å². The molecule has 1 fully saturated rings. The Hall–Kier alpha value is -1.69. The van der Waals surface area contributed by atoms with Crippen molar-refractivity contribution >= 4 is 26.2 Å². The van der Waals surface area contributed by atoms with Gasteiger partial charge < -0.3 is 9.64 Å². The average Bonchev–Trinajstić information content (AvgIpc) is 2.86. The van der Waals surface area contributed by atoms with E-state index < -0.39 is 44.0 Å². The molecule has 1 amide bonds. The number of amides is 1. The zero-order valence-electron chi connectivity index (χ0n) is 16.5. The average molecular weight is 435 g/mol. The number of carbonyl (C=O) groups is 1. The lowest BCUT2D eigenvalue weighted by Crippen LogP contribution is -2.44. The zero-order valence-corrected chi connectivity index (χ0v) is 18.1. The summed E-state index contributed by atoms with van der Waals surface area (Å²) >= 11 is 0. The van der Waals surface area contributed by atoms with Crippen LogP contribution in [0.1, 0.15) is 26.3 Å². The van der Waals surface area contributed by atoms with Gasteiger partial charge in [0.1, 0.15) is 11.7 Å². The van der Waals surface area contributed by atoms with Gasteiger partial charge >= 0.3 is 6.09 Å². The second kappa shape index (κ2) is 7.97. The SMILES string of the molecule is Cc1ccc(S(=O)(=O)N[C@@H]2CN(C(=O)OC(C)(C)C)C[C@H]2OS(C)(=O)=O)cc1. The van der Waals surface area contributed by atoms with Gasteiger partial charge in [-0.2, -0.15) is 8.42 Å². The minimum atomic E-state index is -3.94. The number of nitrogens with one attached hydrogen (secondary N) is 1. The molecule has 11 heteroatoms. The number of benzene rings is 1. The second-order valence-electron chi connectivity index (χ2n) is 7.76. The van der Waals surface area contributed by atoms with E-state index in [-0.39, 0.29) is 18.0 Å². The van der Waals surface area contributed by atoms with Crippen molar-refractivity contribution in [3.63, 3.8) is 0 Å². The Morgan fingerprint density at radius 1 is 1.11 bits per heavy atom. The van der Waals surface area contributed by atoms with Gasteiger partial charge in [-0.1, -0.05) is 17.7 Å². The minimum Gasteiger partial charge on any atom is -0.444 e. The molecule has 1 aromatic rings. The Bertz CT molecular complexity index is 919. The predicted molar refractivity (Wildman–Crippen MR) is 103 cm³/mol. The smallest absolute Gasteiger partial charge is 0.410 e. The summed E-state index contributed by atoms with van der Waals surface area (Å²) in [5.74, 6) is 0.